The lowest BCUT2D eigenvalue weighted by Gasteiger charge is -2.27. The van der Waals surface area contributed by atoms with Crippen molar-refractivity contribution in [1.82, 2.24) is 5.32 Å². The van der Waals surface area contributed by atoms with Crippen molar-refractivity contribution in [3.05, 3.63) is 24.2 Å². The summed E-state index contributed by atoms with van der Waals surface area (Å²) in [7, 11) is 0. The summed E-state index contributed by atoms with van der Waals surface area (Å²) in [5, 5.41) is 3.71. The minimum atomic E-state index is 0.563. The summed E-state index contributed by atoms with van der Waals surface area (Å²) in [6.07, 6.45) is 9.20. The lowest BCUT2D eigenvalue weighted by molar-refractivity contribution is 0.301. The van der Waals surface area contributed by atoms with E-state index in [0.717, 1.165) is 24.6 Å². The van der Waals surface area contributed by atoms with E-state index in [1.807, 2.05) is 6.07 Å². The molecule has 1 heterocycles. The standard InChI is InChI=1S/C16H29NO/c1-4-7-9-14(6-3)16(17-11-5-2)13-15-10-8-12-18-15/h8,10,12,14,16-17H,4-7,9,11,13H2,1-3H3. The third kappa shape index (κ3) is 5.26. The van der Waals surface area contributed by atoms with Crippen LogP contribution in [0, 0.1) is 5.92 Å². The highest BCUT2D eigenvalue weighted by atomic mass is 16.3. The topological polar surface area (TPSA) is 25.2 Å². The van der Waals surface area contributed by atoms with Crippen LogP contribution in [0.5, 0.6) is 0 Å². The van der Waals surface area contributed by atoms with Crippen molar-refractivity contribution in [1.29, 1.82) is 0 Å². The van der Waals surface area contributed by atoms with E-state index in [-0.39, 0.29) is 0 Å². The van der Waals surface area contributed by atoms with Gasteiger partial charge in [-0.3, -0.25) is 0 Å². The molecule has 2 heteroatoms. The Bertz CT molecular complexity index is 281. The predicted octanol–water partition coefficient (Wildman–Crippen LogP) is 4.41. The van der Waals surface area contributed by atoms with Gasteiger partial charge in [-0.2, -0.15) is 0 Å². The van der Waals surface area contributed by atoms with Crippen LogP contribution in [0.25, 0.3) is 0 Å². The zero-order chi connectivity index (χ0) is 13.2. The predicted molar refractivity (Wildman–Crippen MR) is 77.8 cm³/mol. The molecule has 2 atom stereocenters. The first-order chi connectivity index (χ1) is 8.81. The Labute approximate surface area is 112 Å². The molecule has 1 N–H and O–H groups in total. The van der Waals surface area contributed by atoms with Crippen LogP contribution in [0.2, 0.25) is 0 Å². The lowest BCUT2D eigenvalue weighted by Crippen LogP contribution is -2.38. The largest absolute Gasteiger partial charge is 0.469 e. The van der Waals surface area contributed by atoms with Crippen LogP contribution in [0.1, 0.15) is 58.6 Å². The molecule has 0 bridgehead atoms. The molecule has 0 saturated carbocycles. The van der Waals surface area contributed by atoms with Crippen LogP contribution in [0.4, 0.5) is 0 Å². The number of furan rings is 1. The molecule has 2 unspecified atom stereocenters. The first kappa shape index (κ1) is 15.3. The highest BCUT2D eigenvalue weighted by molar-refractivity contribution is 5.01. The molecule has 0 spiro atoms. The fraction of sp³-hybridized carbons (Fsp3) is 0.750. The average Bonchev–Trinajstić information content (AvgIpc) is 2.89. The molecule has 0 saturated heterocycles. The number of hydrogen-bond donors (Lipinski definition) is 1. The monoisotopic (exact) mass is 251 g/mol. The maximum atomic E-state index is 5.50. The molecule has 104 valence electrons. The fourth-order valence-electron chi connectivity index (χ4n) is 2.54. The average molecular weight is 251 g/mol. The van der Waals surface area contributed by atoms with Crippen molar-refractivity contribution >= 4 is 0 Å². The first-order valence-corrected chi connectivity index (χ1v) is 7.57. The van der Waals surface area contributed by atoms with E-state index in [2.05, 4.69) is 32.2 Å². The van der Waals surface area contributed by atoms with E-state index >= 15 is 0 Å². The first-order valence-electron chi connectivity index (χ1n) is 7.57. The van der Waals surface area contributed by atoms with E-state index in [9.17, 15) is 0 Å². The van der Waals surface area contributed by atoms with Crippen molar-refractivity contribution < 1.29 is 4.42 Å². The Balaban J connectivity index is 2.56. The van der Waals surface area contributed by atoms with Gasteiger partial charge in [-0.05, 0) is 37.4 Å². The second kappa shape index (κ2) is 9.21. The maximum Gasteiger partial charge on any atom is 0.105 e. The van der Waals surface area contributed by atoms with Crippen molar-refractivity contribution in [3.8, 4) is 0 Å². The normalized spacial score (nSPS) is 14.6. The second-order valence-electron chi connectivity index (χ2n) is 5.15. The third-order valence-corrected chi connectivity index (χ3v) is 3.68. The van der Waals surface area contributed by atoms with Gasteiger partial charge in [-0.1, -0.05) is 40.0 Å². The van der Waals surface area contributed by atoms with E-state index in [4.69, 9.17) is 4.42 Å². The van der Waals surface area contributed by atoms with E-state index < -0.39 is 0 Å². The summed E-state index contributed by atoms with van der Waals surface area (Å²) in [4.78, 5) is 0. The van der Waals surface area contributed by atoms with Crippen LogP contribution in [-0.2, 0) is 6.42 Å². The van der Waals surface area contributed by atoms with Gasteiger partial charge in [0.1, 0.15) is 5.76 Å². The number of nitrogens with one attached hydrogen (secondary N) is 1. The summed E-state index contributed by atoms with van der Waals surface area (Å²) in [5.41, 5.74) is 0. The third-order valence-electron chi connectivity index (χ3n) is 3.68. The second-order valence-corrected chi connectivity index (χ2v) is 5.15. The molecule has 1 aromatic rings. The number of rotatable bonds is 10. The van der Waals surface area contributed by atoms with Gasteiger partial charge < -0.3 is 9.73 Å². The molecule has 0 aromatic carbocycles. The fourth-order valence-corrected chi connectivity index (χ4v) is 2.54. The van der Waals surface area contributed by atoms with Crippen molar-refractivity contribution in [2.24, 2.45) is 5.92 Å². The Morgan fingerprint density at radius 1 is 1.22 bits per heavy atom. The highest BCUT2D eigenvalue weighted by Gasteiger charge is 2.20. The number of unbranched alkanes of at least 4 members (excludes halogenated alkanes) is 1. The van der Waals surface area contributed by atoms with Gasteiger partial charge in [-0.15, -0.1) is 0 Å². The van der Waals surface area contributed by atoms with Crippen LogP contribution >= 0.6 is 0 Å². The minimum absolute atomic E-state index is 0.563. The van der Waals surface area contributed by atoms with Crippen molar-refractivity contribution in [2.45, 2.75) is 65.3 Å². The summed E-state index contributed by atoms with van der Waals surface area (Å²) in [6, 6.07) is 4.64. The molecule has 1 aromatic heterocycles. The molecule has 0 aliphatic rings. The Kier molecular flexibility index (Phi) is 7.83. The van der Waals surface area contributed by atoms with Gasteiger partial charge in [0.15, 0.2) is 0 Å². The van der Waals surface area contributed by atoms with Gasteiger partial charge in [0.2, 0.25) is 0 Å². The van der Waals surface area contributed by atoms with Crippen LogP contribution < -0.4 is 5.32 Å². The Morgan fingerprint density at radius 3 is 2.61 bits per heavy atom. The molecule has 0 aliphatic carbocycles. The Hall–Kier alpha value is -0.760. The lowest BCUT2D eigenvalue weighted by atomic mass is 9.88. The molecule has 0 radical (unpaired) electrons. The zero-order valence-corrected chi connectivity index (χ0v) is 12.2. The van der Waals surface area contributed by atoms with E-state index in [0.29, 0.717) is 6.04 Å². The number of hydrogen-bond acceptors (Lipinski definition) is 2. The Morgan fingerprint density at radius 2 is 2.06 bits per heavy atom. The summed E-state index contributed by atoms with van der Waals surface area (Å²) in [6.45, 7) is 7.91. The minimum Gasteiger partial charge on any atom is -0.469 e. The van der Waals surface area contributed by atoms with Gasteiger partial charge in [0.25, 0.3) is 0 Å². The molecular weight excluding hydrogens is 222 g/mol. The quantitative estimate of drug-likeness (QED) is 0.666. The van der Waals surface area contributed by atoms with Crippen LogP contribution in [0.15, 0.2) is 22.8 Å². The van der Waals surface area contributed by atoms with Gasteiger partial charge >= 0.3 is 0 Å². The molecule has 0 fully saturated rings. The highest BCUT2D eigenvalue weighted by Crippen LogP contribution is 2.20. The van der Waals surface area contributed by atoms with Gasteiger partial charge in [-0.25, -0.2) is 0 Å². The van der Waals surface area contributed by atoms with Crippen molar-refractivity contribution in [2.75, 3.05) is 6.54 Å². The van der Waals surface area contributed by atoms with E-state index in [1.165, 1.54) is 32.1 Å². The van der Waals surface area contributed by atoms with Crippen LogP contribution in [0.3, 0.4) is 0 Å². The maximum absolute atomic E-state index is 5.50. The van der Waals surface area contributed by atoms with Crippen LogP contribution in [-0.4, -0.2) is 12.6 Å². The summed E-state index contributed by atoms with van der Waals surface area (Å²) >= 11 is 0. The molecule has 0 aliphatic heterocycles. The van der Waals surface area contributed by atoms with Gasteiger partial charge in [0.05, 0.1) is 6.26 Å². The summed E-state index contributed by atoms with van der Waals surface area (Å²) in [5.74, 6) is 1.88. The van der Waals surface area contributed by atoms with Crippen molar-refractivity contribution in [3.63, 3.8) is 0 Å². The molecule has 0 amide bonds. The zero-order valence-electron chi connectivity index (χ0n) is 12.2. The van der Waals surface area contributed by atoms with Gasteiger partial charge in [0, 0.05) is 12.5 Å². The molecular formula is C16H29NO. The van der Waals surface area contributed by atoms with E-state index in [1.54, 1.807) is 6.26 Å². The molecule has 2 nitrogen and oxygen atoms in total. The smallest absolute Gasteiger partial charge is 0.105 e. The summed E-state index contributed by atoms with van der Waals surface area (Å²) < 4.78 is 5.50. The molecule has 1 rings (SSSR count). The molecule has 18 heavy (non-hydrogen) atoms. The SMILES string of the molecule is CCCCC(CC)C(Cc1ccco1)NCCC.